The molecule has 0 fully saturated rings. The average molecular weight is 364 g/mol. The number of benzene rings is 2. The SMILES string of the molecule is [C-]#[N+]c1ccc(-c2ccc(F)cc2C(=O)NCCCC)cc1C(F)(F)F. The van der Waals surface area contributed by atoms with E-state index in [0.717, 1.165) is 37.1 Å². The van der Waals surface area contributed by atoms with E-state index in [1.165, 1.54) is 12.1 Å². The van der Waals surface area contributed by atoms with Crippen LogP contribution < -0.4 is 5.32 Å². The summed E-state index contributed by atoms with van der Waals surface area (Å²) in [6.07, 6.45) is -3.13. The lowest BCUT2D eigenvalue weighted by Gasteiger charge is -2.14. The Labute approximate surface area is 148 Å². The van der Waals surface area contributed by atoms with Gasteiger partial charge in [-0.25, -0.2) is 9.24 Å². The fraction of sp³-hybridized carbons (Fsp3) is 0.263. The van der Waals surface area contributed by atoms with Gasteiger partial charge in [0.1, 0.15) is 5.82 Å². The van der Waals surface area contributed by atoms with Gasteiger partial charge in [-0.05, 0) is 29.7 Å². The van der Waals surface area contributed by atoms with Crippen LogP contribution in [0.1, 0.15) is 35.7 Å². The number of hydrogen-bond donors (Lipinski definition) is 1. The molecule has 7 heteroatoms. The molecular weight excluding hydrogens is 348 g/mol. The van der Waals surface area contributed by atoms with Crippen molar-refractivity contribution in [1.29, 1.82) is 0 Å². The maximum atomic E-state index is 13.6. The van der Waals surface area contributed by atoms with Gasteiger partial charge >= 0.3 is 6.18 Å². The second-order valence-electron chi connectivity index (χ2n) is 5.64. The minimum Gasteiger partial charge on any atom is -0.352 e. The number of hydrogen-bond acceptors (Lipinski definition) is 1. The van der Waals surface area contributed by atoms with Gasteiger partial charge in [-0.3, -0.25) is 4.79 Å². The molecule has 3 nitrogen and oxygen atoms in total. The molecule has 0 radical (unpaired) electrons. The van der Waals surface area contributed by atoms with Crippen molar-refractivity contribution in [3.05, 3.63) is 64.8 Å². The molecule has 26 heavy (non-hydrogen) atoms. The van der Waals surface area contributed by atoms with Crippen LogP contribution in [0.25, 0.3) is 16.0 Å². The molecule has 0 aliphatic carbocycles. The molecule has 2 rings (SSSR count). The highest BCUT2D eigenvalue weighted by Gasteiger charge is 2.33. The predicted molar refractivity (Wildman–Crippen MR) is 90.3 cm³/mol. The maximum absolute atomic E-state index is 13.6. The number of carbonyl (C=O) groups excluding carboxylic acids is 1. The Balaban J connectivity index is 2.52. The van der Waals surface area contributed by atoms with E-state index in [-0.39, 0.29) is 16.7 Å². The predicted octanol–water partition coefficient (Wildman–Crippen LogP) is 5.59. The second-order valence-corrected chi connectivity index (χ2v) is 5.64. The van der Waals surface area contributed by atoms with Crippen LogP contribution in [0, 0.1) is 12.4 Å². The monoisotopic (exact) mass is 364 g/mol. The highest BCUT2D eigenvalue weighted by Crippen LogP contribution is 2.39. The van der Waals surface area contributed by atoms with E-state index >= 15 is 0 Å². The molecule has 1 N–H and O–H groups in total. The number of nitrogens with one attached hydrogen (secondary N) is 1. The van der Waals surface area contributed by atoms with Crippen LogP contribution in [0.4, 0.5) is 23.2 Å². The first-order valence-corrected chi connectivity index (χ1v) is 7.94. The number of amides is 1. The van der Waals surface area contributed by atoms with Gasteiger partial charge in [0.05, 0.1) is 17.7 Å². The fourth-order valence-corrected chi connectivity index (χ4v) is 2.46. The highest BCUT2D eigenvalue weighted by molar-refractivity contribution is 6.01. The summed E-state index contributed by atoms with van der Waals surface area (Å²) < 4.78 is 53.1. The summed E-state index contributed by atoms with van der Waals surface area (Å²) >= 11 is 0. The first-order valence-electron chi connectivity index (χ1n) is 7.94. The smallest absolute Gasteiger partial charge is 0.352 e. The first-order chi connectivity index (χ1) is 12.3. The number of rotatable bonds is 5. The van der Waals surface area contributed by atoms with Gasteiger partial charge in [-0.1, -0.05) is 37.6 Å². The van der Waals surface area contributed by atoms with E-state index in [0.29, 0.717) is 6.54 Å². The second kappa shape index (κ2) is 8.00. The van der Waals surface area contributed by atoms with Gasteiger partial charge in [-0.2, -0.15) is 13.2 Å². The summed E-state index contributed by atoms with van der Waals surface area (Å²) in [7, 11) is 0. The molecule has 0 bridgehead atoms. The Morgan fingerprint density at radius 3 is 2.54 bits per heavy atom. The summed E-state index contributed by atoms with van der Waals surface area (Å²) in [6, 6.07) is 6.51. The van der Waals surface area contributed by atoms with Gasteiger partial charge < -0.3 is 5.32 Å². The van der Waals surface area contributed by atoms with E-state index < -0.39 is 29.2 Å². The Morgan fingerprint density at radius 2 is 1.92 bits per heavy atom. The van der Waals surface area contributed by atoms with E-state index in [4.69, 9.17) is 6.57 Å². The lowest BCUT2D eigenvalue weighted by Crippen LogP contribution is -2.25. The Bertz CT molecular complexity index is 854. The van der Waals surface area contributed by atoms with Crippen LogP contribution in [-0.2, 0) is 6.18 Å². The zero-order valence-corrected chi connectivity index (χ0v) is 14.0. The first kappa shape index (κ1) is 19.4. The molecule has 0 spiro atoms. The lowest BCUT2D eigenvalue weighted by molar-refractivity contribution is -0.136. The van der Waals surface area contributed by atoms with Gasteiger partial charge in [-0.15, -0.1) is 0 Å². The lowest BCUT2D eigenvalue weighted by atomic mass is 9.96. The van der Waals surface area contributed by atoms with Crippen LogP contribution in [0.3, 0.4) is 0 Å². The van der Waals surface area contributed by atoms with Crippen molar-refractivity contribution in [2.45, 2.75) is 25.9 Å². The minimum atomic E-state index is -4.71. The van der Waals surface area contributed by atoms with Crippen molar-refractivity contribution in [3.8, 4) is 11.1 Å². The van der Waals surface area contributed by atoms with Crippen molar-refractivity contribution in [2.75, 3.05) is 6.54 Å². The van der Waals surface area contributed by atoms with Crippen LogP contribution in [0.15, 0.2) is 36.4 Å². The van der Waals surface area contributed by atoms with E-state index in [9.17, 15) is 22.4 Å². The van der Waals surface area contributed by atoms with Crippen molar-refractivity contribution in [3.63, 3.8) is 0 Å². The normalized spacial score (nSPS) is 11.1. The zero-order valence-electron chi connectivity index (χ0n) is 14.0. The maximum Gasteiger partial charge on any atom is 0.407 e. The van der Waals surface area contributed by atoms with E-state index in [2.05, 4.69) is 10.2 Å². The Morgan fingerprint density at radius 1 is 1.19 bits per heavy atom. The topological polar surface area (TPSA) is 33.5 Å². The van der Waals surface area contributed by atoms with Crippen molar-refractivity contribution in [2.24, 2.45) is 0 Å². The summed E-state index contributed by atoms with van der Waals surface area (Å²) in [5, 5.41) is 2.63. The molecule has 0 atom stereocenters. The molecule has 0 aliphatic rings. The summed E-state index contributed by atoms with van der Waals surface area (Å²) in [5.41, 5.74) is -1.42. The third kappa shape index (κ3) is 4.39. The third-order valence-corrected chi connectivity index (χ3v) is 3.78. The van der Waals surface area contributed by atoms with Crippen molar-refractivity contribution in [1.82, 2.24) is 5.32 Å². The standard InChI is InChI=1S/C19H16F4N2O/c1-3-4-9-25-18(26)15-11-13(20)6-7-14(15)12-5-8-17(24-2)16(10-12)19(21,22)23/h5-8,10-11H,3-4,9H2,1H3,(H,25,26). The summed E-state index contributed by atoms with van der Waals surface area (Å²) in [4.78, 5) is 15.2. The van der Waals surface area contributed by atoms with Crippen molar-refractivity contribution < 1.29 is 22.4 Å². The zero-order chi connectivity index (χ0) is 19.3. The summed E-state index contributed by atoms with van der Waals surface area (Å²) in [5.74, 6) is -1.22. The molecule has 2 aromatic carbocycles. The Kier molecular flexibility index (Phi) is 5.98. The van der Waals surface area contributed by atoms with Crippen LogP contribution in [0.2, 0.25) is 0 Å². The number of alkyl halides is 3. The molecule has 2 aromatic rings. The van der Waals surface area contributed by atoms with Gasteiger partial charge in [0.25, 0.3) is 5.91 Å². The average Bonchev–Trinajstić information content (AvgIpc) is 2.60. The number of halogens is 4. The van der Waals surface area contributed by atoms with Gasteiger partial charge in [0.2, 0.25) is 0 Å². The number of carbonyl (C=O) groups is 1. The third-order valence-electron chi connectivity index (χ3n) is 3.78. The van der Waals surface area contributed by atoms with Crippen LogP contribution in [0.5, 0.6) is 0 Å². The summed E-state index contributed by atoms with van der Waals surface area (Å²) in [6.45, 7) is 9.21. The van der Waals surface area contributed by atoms with Gasteiger partial charge in [0, 0.05) is 6.54 Å². The number of nitrogens with zero attached hydrogens (tertiary/aromatic N) is 1. The molecular formula is C19H16F4N2O. The van der Waals surface area contributed by atoms with E-state index in [1.54, 1.807) is 0 Å². The van der Waals surface area contributed by atoms with Crippen LogP contribution >= 0.6 is 0 Å². The fourth-order valence-electron chi connectivity index (χ4n) is 2.46. The molecule has 1 amide bonds. The highest BCUT2D eigenvalue weighted by atomic mass is 19.4. The number of unbranched alkanes of at least 4 members (excludes halogenated alkanes) is 1. The molecule has 0 unspecified atom stereocenters. The van der Waals surface area contributed by atoms with Crippen LogP contribution in [-0.4, -0.2) is 12.5 Å². The molecule has 0 aromatic heterocycles. The molecule has 0 heterocycles. The van der Waals surface area contributed by atoms with Crippen molar-refractivity contribution >= 4 is 11.6 Å². The van der Waals surface area contributed by atoms with Gasteiger partial charge in [0.15, 0.2) is 5.69 Å². The Hall–Kier alpha value is -2.88. The molecule has 136 valence electrons. The quantitative estimate of drug-likeness (QED) is 0.419. The largest absolute Gasteiger partial charge is 0.407 e. The van der Waals surface area contributed by atoms with E-state index in [1.807, 2.05) is 6.92 Å². The molecule has 0 saturated heterocycles. The molecule has 0 aliphatic heterocycles. The minimum absolute atomic E-state index is 0.0511. The molecule has 0 saturated carbocycles.